The zero-order valence-corrected chi connectivity index (χ0v) is 21.7. The van der Waals surface area contributed by atoms with Crippen molar-refractivity contribution in [3.05, 3.63) is 74.5 Å². The molecule has 2 amide bonds. The lowest BCUT2D eigenvalue weighted by molar-refractivity contribution is -0.141. The number of nitrogens with one attached hydrogen (secondary N) is 2. The van der Waals surface area contributed by atoms with Crippen LogP contribution in [0.15, 0.2) is 36.4 Å². The van der Waals surface area contributed by atoms with Gasteiger partial charge >= 0.3 is 12.4 Å². The second-order valence-corrected chi connectivity index (χ2v) is 10.2. The first-order chi connectivity index (χ1) is 17.3. The highest BCUT2D eigenvalue weighted by atomic mass is 35.5. The lowest BCUT2D eigenvalue weighted by Gasteiger charge is -2.22. The van der Waals surface area contributed by atoms with Crippen molar-refractivity contribution < 1.29 is 35.9 Å². The van der Waals surface area contributed by atoms with Crippen LogP contribution < -0.4 is 10.6 Å². The van der Waals surface area contributed by atoms with Crippen LogP contribution in [0.25, 0.3) is 5.69 Å². The molecule has 204 valence electrons. The predicted molar refractivity (Wildman–Crippen MR) is 130 cm³/mol. The summed E-state index contributed by atoms with van der Waals surface area (Å²) in [5.74, 6) is -1.91. The van der Waals surface area contributed by atoms with Crippen LogP contribution in [0.3, 0.4) is 0 Å². The number of aryl methyl sites for hydroxylation is 1. The van der Waals surface area contributed by atoms with E-state index in [1.165, 1.54) is 19.1 Å². The minimum atomic E-state index is -5.08. The molecule has 6 nitrogen and oxygen atoms in total. The number of nitrogens with zero attached hydrogens (tertiary/aromatic N) is 2. The number of alkyl halides is 6. The van der Waals surface area contributed by atoms with Crippen LogP contribution in [0.2, 0.25) is 10.0 Å². The second kappa shape index (κ2) is 10.1. The Morgan fingerprint density at radius 1 is 0.868 bits per heavy atom. The van der Waals surface area contributed by atoms with Gasteiger partial charge in [0.25, 0.3) is 11.8 Å². The molecule has 14 heteroatoms. The number of aromatic nitrogens is 2. The molecule has 38 heavy (non-hydrogen) atoms. The molecular formula is C24H20Cl2F6N4O2. The van der Waals surface area contributed by atoms with Gasteiger partial charge in [-0.05, 0) is 63.6 Å². The fraction of sp³-hybridized carbons (Fsp3) is 0.292. The van der Waals surface area contributed by atoms with E-state index in [9.17, 15) is 35.9 Å². The number of halogens is 8. The van der Waals surface area contributed by atoms with Crippen LogP contribution >= 0.6 is 23.2 Å². The van der Waals surface area contributed by atoms with E-state index in [-0.39, 0.29) is 31.5 Å². The molecule has 0 unspecified atom stereocenters. The molecule has 0 aliphatic heterocycles. The standard InChI is InChI=1S/C24H20Cl2F6N4O2/c1-11-7-13(26)8-14(20(37)34-22(2,3)4)19(11)33-21(38)17-10-18(24(30,31)32)35-36(17)16-6-5-12(25)9-15(16)23(27,28)29/h5-10H,1-4H3,(H,33,38)(H,34,37). The number of hydrogen-bond acceptors (Lipinski definition) is 3. The zero-order chi connectivity index (χ0) is 28.8. The molecule has 0 bridgehead atoms. The summed E-state index contributed by atoms with van der Waals surface area (Å²) < 4.78 is 81.9. The van der Waals surface area contributed by atoms with Crippen molar-refractivity contribution >= 4 is 40.7 Å². The largest absolute Gasteiger partial charge is 0.435 e. The van der Waals surface area contributed by atoms with E-state index in [0.717, 1.165) is 12.1 Å². The molecule has 2 aromatic carbocycles. The van der Waals surface area contributed by atoms with Gasteiger partial charge in [0.1, 0.15) is 5.69 Å². The van der Waals surface area contributed by atoms with Crippen LogP contribution in [-0.2, 0) is 12.4 Å². The smallest absolute Gasteiger partial charge is 0.347 e. The van der Waals surface area contributed by atoms with Gasteiger partial charge in [0.05, 0.1) is 22.5 Å². The Kier molecular flexibility index (Phi) is 7.82. The summed E-state index contributed by atoms with van der Waals surface area (Å²) in [5.41, 5.74) is -5.39. The third-order valence-corrected chi connectivity index (χ3v) is 5.45. The van der Waals surface area contributed by atoms with Crippen molar-refractivity contribution in [2.24, 2.45) is 0 Å². The maximum Gasteiger partial charge on any atom is 0.435 e. The van der Waals surface area contributed by atoms with Crippen LogP contribution in [0, 0.1) is 6.92 Å². The Hall–Kier alpha value is -3.25. The molecule has 0 fully saturated rings. The maximum atomic E-state index is 13.7. The van der Waals surface area contributed by atoms with E-state index in [4.69, 9.17) is 23.2 Å². The van der Waals surface area contributed by atoms with Gasteiger partial charge in [-0.25, -0.2) is 4.68 Å². The molecule has 0 aliphatic carbocycles. The molecule has 0 atom stereocenters. The lowest BCUT2D eigenvalue weighted by Crippen LogP contribution is -2.41. The summed E-state index contributed by atoms with van der Waals surface area (Å²) in [6.07, 6.45) is -10.1. The molecule has 3 rings (SSSR count). The Labute approximate surface area is 222 Å². The zero-order valence-electron chi connectivity index (χ0n) is 20.2. The van der Waals surface area contributed by atoms with Gasteiger partial charge in [-0.15, -0.1) is 0 Å². The number of rotatable bonds is 4. The number of anilines is 1. The van der Waals surface area contributed by atoms with E-state index in [2.05, 4.69) is 15.7 Å². The minimum Gasteiger partial charge on any atom is -0.347 e. The average Bonchev–Trinajstić information content (AvgIpc) is 3.19. The number of hydrogen-bond donors (Lipinski definition) is 2. The van der Waals surface area contributed by atoms with Crippen molar-refractivity contribution in [1.29, 1.82) is 0 Å². The predicted octanol–water partition coefficient (Wildman–Crippen LogP) is 7.31. The molecular weight excluding hydrogens is 561 g/mol. The second-order valence-electron chi connectivity index (χ2n) is 9.29. The van der Waals surface area contributed by atoms with Crippen LogP contribution in [0.5, 0.6) is 0 Å². The number of carbonyl (C=O) groups excluding carboxylic acids is 2. The van der Waals surface area contributed by atoms with Crippen LogP contribution in [0.4, 0.5) is 32.0 Å². The maximum absolute atomic E-state index is 13.7. The molecule has 1 aromatic heterocycles. The van der Waals surface area contributed by atoms with Gasteiger partial charge in [-0.3, -0.25) is 9.59 Å². The highest BCUT2D eigenvalue weighted by molar-refractivity contribution is 6.31. The van der Waals surface area contributed by atoms with Gasteiger partial charge in [-0.1, -0.05) is 23.2 Å². The van der Waals surface area contributed by atoms with Crippen molar-refractivity contribution in [3.8, 4) is 5.69 Å². The summed E-state index contributed by atoms with van der Waals surface area (Å²) in [7, 11) is 0. The molecule has 1 heterocycles. The summed E-state index contributed by atoms with van der Waals surface area (Å²) in [4.78, 5) is 26.2. The minimum absolute atomic E-state index is 0.102. The van der Waals surface area contributed by atoms with E-state index in [1.807, 2.05) is 0 Å². The molecule has 3 aromatic rings. The summed E-state index contributed by atoms with van der Waals surface area (Å²) in [6, 6.07) is 5.26. The fourth-order valence-corrected chi connectivity index (χ4v) is 3.90. The molecule has 0 aliphatic rings. The Morgan fingerprint density at radius 3 is 2.05 bits per heavy atom. The highest BCUT2D eigenvalue weighted by Gasteiger charge is 2.39. The van der Waals surface area contributed by atoms with Crippen molar-refractivity contribution in [3.63, 3.8) is 0 Å². The first kappa shape index (κ1) is 29.3. The molecule has 0 radical (unpaired) electrons. The van der Waals surface area contributed by atoms with Gasteiger partial charge in [0, 0.05) is 21.7 Å². The first-order valence-corrected chi connectivity index (χ1v) is 11.5. The molecule has 2 N–H and O–H groups in total. The monoisotopic (exact) mass is 580 g/mol. The van der Waals surface area contributed by atoms with E-state index in [0.29, 0.717) is 12.1 Å². The van der Waals surface area contributed by atoms with E-state index in [1.54, 1.807) is 20.8 Å². The van der Waals surface area contributed by atoms with Crippen molar-refractivity contribution in [2.45, 2.75) is 45.6 Å². The van der Waals surface area contributed by atoms with Crippen molar-refractivity contribution in [2.75, 3.05) is 5.32 Å². The number of amides is 2. The van der Waals surface area contributed by atoms with Gasteiger partial charge in [0.15, 0.2) is 5.69 Å². The summed E-state index contributed by atoms with van der Waals surface area (Å²) in [6.45, 7) is 6.57. The fourth-order valence-electron chi connectivity index (χ4n) is 3.46. The van der Waals surface area contributed by atoms with Gasteiger partial charge in [0.2, 0.25) is 0 Å². The quantitative estimate of drug-likeness (QED) is 0.318. The third-order valence-electron chi connectivity index (χ3n) is 5.00. The third kappa shape index (κ3) is 6.60. The van der Waals surface area contributed by atoms with Gasteiger partial charge in [-0.2, -0.15) is 31.4 Å². The Bertz CT molecular complexity index is 1410. The van der Waals surface area contributed by atoms with Crippen molar-refractivity contribution in [1.82, 2.24) is 15.1 Å². The molecule has 0 saturated carbocycles. The van der Waals surface area contributed by atoms with E-state index >= 15 is 0 Å². The topological polar surface area (TPSA) is 76.0 Å². The van der Waals surface area contributed by atoms with E-state index < -0.39 is 52.3 Å². The summed E-state index contributed by atoms with van der Waals surface area (Å²) in [5, 5.41) is 8.08. The Balaban J connectivity index is 2.18. The normalized spacial score (nSPS) is 12.4. The Morgan fingerprint density at radius 2 is 1.50 bits per heavy atom. The first-order valence-electron chi connectivity index (χ1n) is 10.8. The van der Waals surface area contributed by atoms with Crippen LogP contribution in [0.1, 0.15) is 58.4 Å². The molecule has 0 saturated heterocycles. The SMILES string of the molecule is Cc1cc(Cl)cc(C(=O)NC(C)(C)C)c1NC(=O)c1cc(C(F)(F)F)nn1-c1ccc(Cl)cc1C(F)(F)F. The van der Waals surface area contributed by atoms with Crippen LogP contribution in [-0.4, -0.2) is 27.1 Å². The summed E-state index contributed by atoms with van der Waals surface area (Å²) >= 11 is 11.8. The highest BCUT2D eigenvalue weighted by Crippen LogP contribution is 2.37. The van der Waals surface area contributed by atoms with Gasteiger partial charge < -0.3 is 10.6 Å². The number of carbonyl (C=O) groups is 2. The average molecular weight is 581 g/mol. The molecule has 0 spiro atoms. The number of benzene rings is 2. The lowest BCUT2D eigenvalue weighted by atomic mass is 10.0.